The van der Waals surface area contributed by atoms with Gasteiger partial charge >= 0.3 is 12.0 Å². The van der Waals surface area contributed by atoms with Crippen molar-refractivity contribution in [2.45, 2.75) is 85.0 Å². The Bertz CT molecular complexity index is 1980. The van der Waals surface area contributed by atoms with E-state index in [2.05, 4.69) is 67.3 Å². The molecule has 3 aliphatic heterocycles. The van der Waals surface area contributed by atoms with Gasteiger partial charge in [0.1, 0.15) is 12.1 Å². The van der Waals surface area contributed by atoms with Gasteiger partial charge in [0.2, 0.25) is 0 Å². The third-order valence-electron chi connectivity index (χ3n) is 10.5. The maximum atomic E-state index is 14.1. The van der Waals surface area contributed by atoms with Crippen molar-refractivity contribution >= 4 is 40.1 Å². The van der Waals surface area contributed by atoms with Crippen LogP contribution in [0.15, 0.2) is 41.9 Å². The van der Waals surface area contributed by atoms with Crippen LogP contribution in [0.25, 0.3) is 33.4 Å². The zero-order valence-electron chi connectivity index (χ0n) is 30.9. The summed E-state index contributed by atoms with van der Waals surface area (Å²) in [7, 11) is 1.70. The van der Waals surface area contributed by atoms with E-state index in [-0.39, 0.29) is 31.1 Å². The lowest BCUT2D eigenvalue weighted by atomic mass is 9.84. The van der Waals surface area contributed by atoms with E-state index in [1.54, 1.807) is 18.2 Å². The number of benzene rings is 1. The number of cyclic esters (lactones) is 1. The highest BCUT2D eigenvalue weighted by molar-refractivity contribution is 7.10. The number of amides is 3. The Kier molecular flexibility index (Phi) is 10.1. The summed E-state index contributed by atoms with van der Waals surface area (Å²) < 4.78 is 14.2. The SMILES string of the molecule is CCn1c(-c2cccnc2[C@H](C)OC)c2c3cc(ccc31)-c1csc(n1)C[C@H](NC(=O)N1CC(C)C1)C(=O)N1CCC[C@H](N1)C(=O)OCC(C)(C)C2. The van der Waals surface area contributed by atoms with E-state index in [0.29, 0.717) is 44.8 Å². The van der Waals surface area contributed by atoms with Crippen LogP contribution in [0.2, 0.25) is 0 Å². The monoisotopic (exact) mass is 727 g/mol. The number of carbonyl (C=O) groups excluding carboxylic acids is 3. The predicted molar refractivity (Wildman–Crippen MR) is 200 cm³/mol. The number of carbonyl (C=O) groups is 3. The van der Waals surface area contributed by atoms with Gasteiger partial charge in [0.05, 0.1) is 34.8 Å². The number of aryl methyl sites for hydroxylation is 1. The molecule has 0 spiro atoms. The molecule has 6 bridgehead atoms. The van der Waals surface area contributed by atoms with Gasteiger partial charge in [0.15, 0.2) is 0 Å². The molecule has 3 aliphatic rings. The summed E-state index contributed by atoms with van der Waals surface area (Å²) in [5, 5.41) is 8.33. The fourth-order valence-electron chi connectivity index (χ4n) is 7.67. The third kappa shape index (κ3) is 7.05. The van der Waals surface area contributed by atoms with Crippen molar-refractivity contribution in [2.24, 2.45) is 11.3 Å². The lowest BCUT2D eigenvalue weighted by Crippen LogP contribution is -2.62. The molecule has 3 amide bonds. The number of aromatic nitrogens is 3. The fourth-order valence-corrected chi connectivity index (χ4v) is 8.52. The molecular weight excluding hydrogens is 679 g/mol. The number of ether oxygens (including phenoxy) is 2. The van der Waals surface area contributed by atoms with Gasteiger partial charge in [-0.25, -0.2) is 15.2 Å². The summed E-state index contributed by atoms with van der Waals surface area (Å²) in [4.78, 5) is 52.4. The summed E-state index contributed by atoms with van der Waals surface area (Å²) in [5.74, 6) is -0.264. The first-order chi connectivity index (χ1) is 25.0. The Hall–Kier alpha value is -4.33. The van der Waals surface area contributed by atoms with E-state index in [9.17, 15) is 14.4 Å². The lowest BCUT2D eigenvalue weighted by molar-refractivity contribution is -0.155. The van der Waals surface area contributed by atoms with Gasteiger partial charge in [0, 0.05) is 78.7 Å². The van der Waals surface area contributed by atoms with Crippen molar-refractivity contribution in [2.75, 3.05) is 33.4 Å². The second-order valence-electron chi connectivity index (χ2n) is 15.2. The molecule has 3 atom stereocenters. The smallest absolute Gasteiger partial charge is 0.324 e. The number of nitrogens with zero attached hydrogens (tertiary/aromatic N) is 5. The summed E-state index contributed by atoms with van der Waals surface area (Å²) in [6, 6.07) is 8.73. The molecule has 276 valence electrons. The van der Waals surface area contributed by atoms with Gasteiger partial charge in [-0.2, -0.15) is 0 Å². The fraction of sp³-hybridized carbons (Fsp3) is 0.513. The van der Waals surface area contributed by atoms with E-state index in [0.717, 1.165) is 56.2 Å². The summed E-state index contributed by atoms with van der Waals surface area (Å²) in [5.41, 5.74) is 9.65. The number of hydrazine groups is 1. The Morgan fingerprint density at radius 2 is 2.04 bits per heavy atom. The minimum atomic E-state index is -0.860. The molecule has 0 unspecified atom stereocenters. The number of urea groups is 1. The molecule has 13 heteroatoms. The Morgan fingerprint density at radius 3 is 2.79 bits per heavy atom. The maximum Gasteiger partial charge on any atom is 0.324 e. The molecule has 0 radical (unpaired) electrons. The Labute approximate surface area is 308 Å². The largest absolute Gasteiger partial charge is 0.464 e. The second-order valence-corrected chi connectivity index (χ2v) is 16.2. The van der Waals surface area contributed by atoms with Gasteiger partial charge in [-0.3, -0.25) is 19.6 Å². The number of rotatable bonds is 5. The molecule has 4 aromatic rings. The number of methoxy groups -OCH3 is 1. The first-order valence-electron chi connectivity index (χ1n) is 18.3. The molecule has 52 heavy (non-hydrogen) atoms. The number of esters is 1. The molecule has 2 N–H and O–H groups in total. The molecule has 2 fully saturated rings. The lowest BCUT2D eigenvalue weighted by Gasteiger charge is -2.39. The van der Waals surface area contributed by atoms with Crippen LogP contribution in [-0.4, -0.2) is 87.8 Å². The van der Waals surface area contributed by atoms with Gasteiger partial charge in [-0.05, 0) is 68.9 Å². The number of nitrogens with one attached hydrogen (secondary N) is 2. The number of likely N-dealkylation sites (tertiary alicyclic amines) is 1. The predicted octanol–water partition coefficient (Wildman–Crippen LogP) is 5.75. The van der Waals surface area contributed by atoms with E-state index >= 15 is 0 Å². The number of hydrogen-bond acceptors (Lipinski definition) is 9. The summed E-state index contributed by atoms with van der Waals surface area (Å²) >= 11 is 1.48. The van der Waals surface area contributed by atoms with Gasteiger partial charge in [-0.15, -0.1) is 11.3 Å². The van der Waals surface area contributed by atoms with Crippen LogP contribution >= 0.6 is 11.3 Å². The Balaban J connectivity index is 1.34. The molecular formula is C39H49N7O5S. The first kappa shape index (κ1) is 36.0. The highest BCUT2D eigenvalue weighted by atomic mass is 32.1. The van der Waals surface area contributed by atoms with Crippen molar-refractivity contribution in [3.8, 4) is 22.5 Å². The summed E-state index contributed by atoms with van der Waals surface area (Å²) in [6.45, 7) is 13.1. The van der Waals surface area contributed by atoms with E-state index in [1.807, 2.05) is 18.4 Å². The summed E-state index contributed by atoms with van der Waals surface area (Å²) in [6.07, 6.45) is 3.60. The van der Waals surface area contributed by atoms with Crippen LogP contribution in [0.5, 0.6) is 0 Å². The van der Waals surface area contributed by atoms with Crippen molar-refractivity contribution in [1.29, 1.82) is 0 Å². The zero-order valence-corrected chi connectivity index (χ0v) is 31.7. The van der Waals surface area contributed by atoms with Crippen molar-refractivity contribution in [3.05, 3.63) is 58.2 Å². The van der Waals surface area contributed by atoms with Crippen LogP contribution in [0.3, 0.4) is 0 Å². The number of pyridine rings is 1. The second kappa shape index (κ2) is 14.6. The molecule has 2 saturated heterocycles. The molecule has 12 nitrogen and oxygen atoms in total. The van der Waals surface area contributed by atoms with Crippen LogP contribution in [-0.2, 0) is 38.4 Å². The third-order valence-corrected chi connectivity index (χ3v) is 11.4. The molecule has 7 rings (SSSR count). The first-order valence-corrected chi connectivity index (χ1v) is 19.2. The molecule has 1 aromatic carbocycles. The van der Waals surface area contributed by atoms with E-state index in [1.165, 1.54) is 16.3 Å². The van der Waals surface area contributed by atoms with Crippen LogP contribution < -0.4 is 10.7 Å². The highest BCUT2D eigenvalue weighted by Gasteiger charge is 2.37. The zero-order chi connectivity index (χ0) is 36.7. The quantitative estimate of drug-likeness (QED) is 0.249. The van der Waals surface area contributed by atoms with Crippen LogP contribution in [0.4, 0.5) is 4.79 Å². The standard InChI is InChI=1S/C39H49N7O5S/c1-7-45-32-13-12-25-16-27(32)28(35(45)26-10-8-14-40-34(26)24(3)50-6)18-39(4,5)22-51-37(48)29-11-9-15-46(43-29)36(47)30(17-33-41-31(25)21-52-33)42-38(49)44-19-23(2)20-44/h8,10,12-14,16,21,23-24,29-30,43H,7,9,11,15,17-20,22H2,1-6H3,(H,42,49)/t24-,29-,30-/m0/s1. The number of thiazole rings is 1. The average Bonchev–Trinajstić information content (AvgIpc) is 3.72. The van der Waals surface area contributed by atoms with Crippen molar-refractivity contribution in [1.82, 2.24) is 35.2 Å². The Morgan fingerprint density at radius 1 is 1.23 bits per heavy atom. The normalized spacial score (nSPS) is 21.7. The van der Waals surface area contributed by atoms with Crippen LogP contribution in [0, 0.1) is 11.3 Å². The average molecular weight is 728 g/mol. The van der Waals surface area contributed by atoms with Gasteiger partial charge in [-0.1, -0.05) is 26.8 Å². The number of fused-ring (bicyclic) bond motifs is 6. The van der Waals surface area contributed by atoms with Crippen LogP contribution in [0.1, 0.15) is 69.8 Å². The molecule has 6 heterocycles. The minimum Gasteiger partial charge on any atom is -0.464 e. The number of hydrogen-bond donors (Lipinski definition) is 2. The van der Waals surface area contributed by atoms with Crippen molar-refractivity contribution in [3.63, 3.8) is 0 Å². The van der Waals surface area contributed by atoms with E-state index < -0.39 is 23.5 Å². The van der Waals surface area contributed by atoms with Crippen molar-refractivity contribution < 1.29 is 23.9 Å². The molecule has 3 aromatic heterocycles. The molecule has 0 saturated carbocycles. The maximum absolute atomic E-state index is 14.1. The van der Waals surface area contributed by atoms with E-state index in [4.69, 9.17) is 19.4 Å². The van der Waals surface area contributed by atoms with Gasteiger partial charge in [0.25, 0.3) is 5.91 Å². The minimum absolute atomic E-state index is 0.187. The highest BCUT2D eigenvalue weighted by Crippen LogP contribution is 2.42. The molecule has 0 aliphatic carbocycles. The van der Waals surface area contributed by atoms with Gasteiger partial charge < -0.3 is 24.3 Å². The topological polar surface area (TPSA) is 131 Å².